The van der Waals surface area contributed by atoms with Crippen LogP contribution in [0.15, 0.2) is 18.2 Å². The van der Waals surface area contributed by atoms with E-state index in [1.165, 1.54) is 18.5 Å². The zero-order chi connectivity index (χ0) is 14.1. The molecule has 0 fully saturated rings. The molecule has 3 heteroatoms. The van der Waals surface area contributed by atoms with Gasteiger partial charge < -0.3 is 5.32 Å². The van der Waals surface area contributed by atoms with Gasteiger partial charge in [-0.05, 0) is 38.1 Å². The van der Waals surface area contributed by atoms with Gasteiger partial charge in [-0.2, -0.15) is 0 Å². The first kappa shape index (κ1) is 16.1. The van der Waals surface area contributed by atoms with Crippen molar-refractivity contribution in [2.45, 2.75) is 59.7 Å². The molecule has 0 aliphatic heterocycles. The quantitative estimate of drug-likeness (QED) is 0.741. The van der Waals surface area contributed by atoms with Crippen LogP contribution in [-0.2, 0) is 13.1 Å². The molecule has 1 heterocycles. The van der Waals surface area contributed by atoms with Crippen LogP contribution in [0.25, 0.3) is 0 Å². The van der Waals surface area contributed by atoms with E-state index in [-0.39, 0.29) is 0 Å². The fourth-order valence-electron chi connectivity index (χ4n) is 2.16. The summed E-state index contributed by atoms with van der Waals surface area (Å²) in [6.07, 6.45) is 2.41. The second kappa shape index (κ2) is 9.05. The summed E-state index contributed by atoms with van der Waals surface area (Å²) in [7, 11) is 0. The molecule has 0 amide bonds. The maximum atomic E-state index is 4.74. The Morgan fingerprint density at radius 2 is 1.74 bits per heavy atom. The van der Waals surface area contributed by atoms with Crippen molar-refractivity contribution < 1.29 is 0 Å². The Kier molecular flexibility index (Phi) is 7.68. The molecule has 0 saturated carbocycles. The Morgan fingerprint density at radius 3 is 2.32 bits per heavy atom. The molecule has 0 aliphatic rings. The summed E-state index contributed by atoms with van der Waals surface area (Å²) in [6, 6.07) is 6.86. The van der Waals surface area contributed by atoms with Crippen molar-refractivity contribution in [3.05, 3.63) is 29.6 Å². The minimum absolute atomic E-state index is 0.502. The second-order valence-corrected chi connectivity index (χ2v) is 5.43. The fourth-order valence-corrected chi connectivity index (χ4v) is 2.16. The highest BCUT2D eigenvalue weighted by atomic mass is 15.1. The summed E-state index contributed by atoms with van der Waals surface area (Å²) >= 11 is 0. The molecule has 1 aromatic rings. The van der Waals surface area contributed by atoms with Crippen LogP contribution in [0.5, 0.6) is 0 Å². The molecule has 0 spiro atoms. The Balaban J connectivity index is 2.58. The highest BCUT2D eigenvalue weighted by Gasteiger charge is 2.05. The third-order valence-corrected chi connectivity index (χ3v) is 3.02. The van der Waals surface area contributed by atoms with Crippen molar-refractivity contribution in [2.24, 2.45) is 0 Å². The first-order chi connectivity index (χ1) is 9.15. The van der Waals surface area contributed by atoms with Gasteiger partial charge in [0, 0.05) is 19.1 Å². The van der Waals surface area contributed by atoms with E-state index >= 15 is 0 Å². The number of nitrogens with zero attached hydrogens (tertiary/aromatic N) is 2. The van der Waals surface area contributed by atoms with Crippen LogP contribution in [0.3, 0.4) is 0 Å². The number of rotatable bonds is 9. The first-order valence-corrected chi connectivity index (χ1v) is 7.56. The fraction of sp³-hybridized carbons (Fsp3) is 0.688. The largest absolute Gasteiger partial charge is 0.309 e. The lowest BCUT2D eigenvalue weighted by Gasteiger charge is -2.20. The molecule has 1 aromatic heterocycles. The number of nitrogens with one attached hydrogen (secondary N) is 1. The lowest BCUT2D eigenvalue weighted by atomic mass is 10.2. The first-order valence-electron chi connectivity index (χ1n) is 7.56. The predicted octanol–water partition coefficient (Wildman–Crippen LogP) is 3.20. The topological polar surface area (TPSA) is 28.2 Å². The molecule has 1 N–H and O–H groups in total. The molecule has 0 radical (unpaired) electrons. The van der Waals surface area contributed by atoms with E-state index < -0.39 is 0 Å². The van der Waals surface area contributed by atoms with E-state index in [4.69, 9.17) is 4.98 Å². The highest BCUT2D eigenvalue weighted by molar-refractivity contribution is 5.11. The molecule has 0 bridgehead atoms. The van der Waals surface area contributed by atoms with Gasteiger partial charge in [0.2, 0.25) is 0 Å². The van der Waals surface area contributed by atoms with Crippen molar-refractivity contribution in [1.82, 2.24) is 15.2 Å². The maximum absolute atomic E-state index is 4.74. The Morgan fingerprint density at radius 1 is 1.11 bits per heavy atom. The molecule has 0 saturated heterocycles. The number of aromatic nitrogens is 1. The van der Waals surface area contributed by atoms with Crippen LogP contribution < -0.4 is 5.32 Å². The van der Waals surface area contributed by atoms with E-state index in [1.54, 1.807) is 0 Å². The SMILES string of the molecule is CCCN(CCC)Cc1cccc(CNC(C)C)n1. The van der Waals surface area contributed by atoms with E-state index in [0.717, 1.165) is 31.9 Å². The van der Waals surface area contributed by atoms with Gasteiger partial charge in [0.15, 0.2) is 0 Å². The molecular formula is C16H29N3. The Hall–Kier alpha value is -0.930. The van der Waals surface area contributed by atoms with Crippen LogP contribution >= 0.6 is 0 Å². The van der Waals surface area contributed by atoms with Gasteiger partial charge in [0.25, 0.3) is 0 Å². The predicted molar refractivity (Wildman–Crippen MR) is 82.1 cm³/mol. The summed E-state index contributed by atoms with van der Waals surface area (Å²) in [5.41, 5.74) is 2.32. The summed E-state index contributed by atoms with van der Waals surface area (Å²) in [6.45, 7) is 12.9. The van der Waals surface area contributed by atoms with E-state index in [1.807, 2.05) is 0 Å². The number of pyridine rings is 1. The molecule has 0 atom stereocenters. The molecule has 0 aliphatic carbocycles. The summed E-state index contributed by atoms with van der Waals surface area (Å²) in [4.78, 5) is 7.23. The third-order valence-electron chi connectivity index (χ3n) is 3.02. The molecule has 3 nitrogen and oxygen atoms in total. The van der Waals surface area contributed by atoms with Crippen molar-refractivity contribution in [1.29, 1.82) is 0 Å². The lowest BCUT2D eigenvalue weighted by molar-refractivity contribution is 0.263. The Labute approximate surface area is 118 Å². The summed E-state index contributed by atoms with van der Waals surface area (Å²) < 4.78 is 0. The minimum Gasteiger partial charge on any atom is -0.309 e. The zero-order valence-corrected chi connectivity index (χ0v) is 12.9. The second-order valence-electron chi connectivity index (χ2n) is 5.43. The van der Waals surface area contributed by atoms with E-state index in [0.29, 0.717) is 6.04 Å². The van der Waals surface area contributed by atoms with Gasteiger partial charge in [-0.3, -0.25) is 9.88 Å². The summed E-state index contributed by atoms with van der Waals surface area (Å²) in [5, 5.41) is 3.42. The van der Waals surface area contributed by atoms with Crippen LogP contribution in [-0.4, -0.2) is 29.0 Å². The van der Waals surface area contributed by atoms with Gasteiger partial charge in [0.05, 0.1) is 11.4 Å². The number of hydrogen-bond acceptors (Lipinski definition) is 3. The van der Waals surface area contributed by atoms with Crippen molar-refractivity contribution >= 4 is 0 Å². The monoisotopic (exact) mass is 263 g/mol. The number of hydrogen-bond donors (Lipinski definition) is 1. The van der Waals surface area contributed by atoms with Gasteiger partial charge in [-0.25, -0.2) is 0 Å². The molecule has 0 unspecified atom stereocenters. The van der Waals surface area contributed by atoms with Crippen molar-refractivity contribution in [3.63, 3.8) is 0 Å². The average Bonchev–Trinajstić information content (AvgIpc) is 2.37. The smallest absolute Gasteiger partial charge is 0.0547 e. The van der Waals surface area contributed by atoms with E-state index in [2.05, 4.69) is 56.1 Å². The minimum atomic E-state index is 0.502. The summed E-state index contributed by atoms with van der Waals surface area (Å²) in [5.74, 6) is 0. The van der Waals surface area contributed by atoms with Gasteiger partial charge in [0.1, 0.15) is 0 Å². The highest BCUT2D eigenvalue weighted by Crippen LogP contribution is 2.05. The molecule has 0 aromatic carbocycles. The standard InChI is InChI=1S/C16H29N3/c1-5-10-19(11-6-2)13-16-9-7-8-15(18-16)12-17-14(3)4/h7-9,14,17H,5-6,10-13H2,1-4H3. The van der Waals surface area contributed by atoms with Gasteiger partial charge in [-0.1, -0.05) is 33.8 Å². The maximum Gasteiger partial charge on any atom is 0.0547 e. The van der Waals surface area contributed by atoms with Gasteiger partial charge in [-0.15, -0.1) is 0 Å². The van der Waals surface area contributed by atoms with Crippen molar-refractivity contribution in [2.75, 3.05) is 13.1 Å². The van der Waals surface area contributed by atoms with Crippen LogP contribution in [0.2, 0.25) is 0 Å². The normalized spacial score (nSPS) is 11.5. The lowest BCUT2D eigenvalue weighted by Crippen LogP contribution is -2.26. The molecule has 108 valence electrons. The molecule has 1 rings (SSSR count). The zero-order valence-electron chi connectivity index (χ0n) is 12.9. The Bertz CT molecular complexity index is 344. The van der Waals surface area contributed by atoms with Crippen LogP contribution in [0.4, 0.5) is 0 Å². The van der Waals surface area contributed by atoms with Crippen molar-refractivity contribution in [3.8, 4) is 0 Å². The van der Waals surface area contributed by atoms with E-state index in [9.17, 15) is 0 Å². The van der Waals surface area contributed by atoms with Crippen LogP contribution in [0, 0.1) is 0 Å². The molecular weight excluding hydrogens is 234 g/mol. The van der Waals surface area contributed by atoms with Crippen LogP contribution in [0.1, 0.15) is 51.9 Å². The van der Waals surface area contributed by atoms with Gasteiger partial charge >= 0.3 is 0 Å². The molecule has 19 heavy (non-hydrogen) atoms. The third kappa shape index (κ3) is 6.69. The average molecular weight is 263 g/mol.